The van der Waals surface area contributed by atoms with E-state index in [1.54, 1.807) is 28.3 Å². The van der Waals surface area contributed by atoms with Gasteiger partial charge in [-0.1, -0.05) is 34.1 Å². The first-order valence-corrected chi connectivity index (χ1v) is 10.3. The Morgan fingerprint density at radius 2 is 2.11 bits per heavy atom. The van der Waals surface area contributed by atoms with E-state index in [2.05, 4.69) is 36.5 Å². The average Bonchev–Trinajstić information content (AvgIpc) is 3.44. The van der Waals surface area contributed by atoms with Gasteiger partial charge in [-0.2, -0.15) is 16.4 Å². The molecule has 0 aliphatic rings. The predicted octanol–water partition coefficient (Wildman–Crippen LogP) is 4.38. The molecule has 0 saturated carbocycles. The normalized spacial score (nSPS) is 10.9. The fourth-order valence-corrected chi connectivity index (χ4v) is 3.68. The molecule has 0 saturated heterocycles. The molecule has 9 heteroatoms. The van der Waals surface area contributed by atoms with Gasteiger partial charge in [0, 0.05) is 34.3 Å². The van der Waals surface area contributed by atoms with E-state index in [0.29, 0.717) is 30.6 Å². The Morgan fingerprint density at radius 1 is 1.21 bits per heavy atom. The molecule has 0 aliphatic carbocycles. The maximum absolute atomic E-state index is 12.3. The summed E-state index contributed by atoms with van der Waals surface area (Å²) in [5.41, 5.74) is 1.97. The lowest BCUT2D eigenvalue weighted by Crippen LogP contribution is -2.16. The summed E-state index contributed by atoms with van der Waals surface area (Å²) in [6.07, 6.45) is 2.28. The number of aromatic nitrogens is 4. The molecule has 7 nitrogen and oxygen atoms in total. The van der Waals surface area contributed by atoms with E-state index in [0.717, 1.165) is 15.6 Å². The molecule has 0 radical (unpaired) electrons. The van der Waals surface area contributed by atoms with Gasteiger partial charge in [0.2, 0.25) is 17.7 Å². The van der Waals surface area contributed by atoms with E-state index in [9.17, 15) is 4.79 Å². The first-order chi connectivity index (χ1) is 13.7. The fraction of sp³-hybridized carbons (Fsp3) is 0.158. The van der Waals surface area contributed by atoms with Crippen molar-refractivity contribution in [2.24, 2.45) is 0 Å². The van der Waals surface area contributed by atoms with Crippen LogP contribution in [0.15, 0.2) is 62.2 Å². The number of benzene rings is 1. The lowest BCUT2D eigenvalue weighted by Gasteiger charge is -2.10. The SMILES string of the molecule is O=C(CCc1nnc(-c2ccsc2)o1)Nc1ccnn1Cc1ccccc1Br. The third-order valence-electron chi connectivity index (χ3n) is 4.06. The average molecular weight is 458 g/mol. The minimum Gasteiger partial charge on any atom is -0.421 e. The second kappa shape index (κ2) is 8.49. The van der Waals surface area contributed by atoms with Crippen LogP contribution in [-0.4, -0.2) is 25.9 Å². The number of thiophene rings is 1. The number of hydrogen-bond donors (Lipinski definition) is 1. The summed E-state index contributed by atoms with van der Waals surface area (Å²) in [5.74, 6) is 1.43. The summed E-state index contributed by atoms with van der Waals surface area (Å²) in [6, 6.07) is 11.6. The molecule has 0 aliphatic heterocycles. The summed E-state index contributed by atoms with van der Waals surface area (Å²) in [6.45, 7) is 0.553. The molecule has 4 rings (SSSR count). The van der Waals surface area contributed by atoms with Crippen LogP contribution >= 0.6 is 27.3 Å². The lowest BCUT2D eigenvalue weighted by molar-refractivity contribution is -0.116. The summed E-state index contributed by atoms with van der Waals surface area (Å²) in [5, 5.41) is 19.1. The van der Waals surface area contributed by atoms with E-state index in [-0.39, 0.29) is 12.3 Å². The summed E-state index contributed by atoms with van der Waals surface area (Å²) >= 11 is 5.10. The zero-order chi connectivity index (χ0) is 19.3. The molecule has 1 amide bonds. The fourth-order valence-electron chi connectivity index (χ4n) is 2.64. The second-order valence-corrected chi connectivity index (χ2v) is 7.66. The molecule has 142 valence electrons. The zero-order valence-electron chi connectivity index (χ0n) is 14.7. The Bertz CT molecular complexity index is 1070. The standard InChI is InChI=1S/C19H16BrN5O2S/c20-15-4-2-1-3-13(15)11-25-16(7-9-21-25)22-17(26)5-6-18-23-24-19(27-18)14-8-10-28-12-14/h1-4,7-10,12H,5-6,11H2,(H,22,26). The predicted molar refractivity (Wildman–Crippen MR) is 110 cm³/mol. The van der Waals surface area contributed by atoms with Crippen molar-refractivity contribution in [3.05, 3.63) is 69.3 Å². The Morgan fingerprint density at radius 3 is 2.93 bits per heavy atom. The number of rotatable bonds is 7. The minimum atomic E-state index is -0.135. The zero-order valence-corrected chi connectivity index (χ0v) is 17.1. The van der Waals surface area contributed by atoms with Crippen molar-refractivity contribution < 1.29 is 9.21 Å². The number of anilines is 1. The molecule has 0 atom stereocenters. The van der Waals surface area contributed by atoms with Crippen molar-refractivity contribution in [2.45, 2.75) is 19.4 Å². The first-order valence-electron chi connectivity index (χ1n) is 8.59. The van der Waals surface area contributed by atoms with Gasteiger partial charge in [0.25, 0.3) is 0 Å². The summed E-state index contributed by atoms with van der Waals surface area (Å²) < 4.78 is 8.36. The van der Waals surface area contributed by atoms with E-state index in [1.807, 2.05) is 41.1 Å². The van der Waals surface area contributed by atoms with E-state index >= 15 is 0 Å². The Hall–Kier alpha value is -2.78. The summed E-state index contributed by atoms with van der Waals surface area (Å²) in [4.78, 5) is 12.3. The number of carbonyl (C=O) groups is 1. The van der Waals surface area contributed by atoms with Crippen molar-refractivity contribution in [2.75, 3.05) is 5.32 Å². The van der Waals surface area contributed by atoms with Crippen LogP contribution in [0.25, 0.3) is 11.5 Å². The van der Waals surface area contributed by atoms with Crippen LogP contribution in [-0.2, 0) is 17.8 Å². The van der Waals surface area contributed by atoms with Gasteiger partial charge in [0.1, 0.15) is 5.82 Å². The molecule has 0 fully saturated rings. The van der Waals surface area contributed by atoms with Crippen LogP contribution in [0.2, 0.25) is 0 Å². The second-order valence-electron chi connectivity index (χ2n) is 6.03. The topological polar surface area (TPSA) is 85.8 Å². The number of aryl methyl sites for hydroxylation is 1. The molecule has 28 heavy (non-hydrogen) atoms. The quantitative estimate of drug-likeness (QED) is 0.444. The van der Waals surface area contributed by atoms with Gasteiger partial charge >= 0.3 is 0 Å². The van der Waals surface area contributed by atoms with Crippen LogP contribution in [0.4, 0.5) is 5.82 Å². The minimum absolute atomic E-state index is 0.135. The molecular weight excluding hydrogens is 442 g/mol. The first kappa shape index (κ1) is 18.6. The highest BCUT2D eigenvalue weighted by Crippen LogP contribution is 2.21. The van der Waals surface area contributed by atoms with Gasteiger partial charge in [-0.3, -0.25) is 4.79 Å². The van der Waals surface area contributed by atoms with E-state index in [4.69, 9.17) is 4.42 Å². The molecule has 0 spiro atoms. The maximum atomic E-state index is 12.3. The lowest BCUT2D eigenvalue weighted by atomic mass is 10.2. The van der Waals surface area contributed by atoms with E-state index in [1.165, 1.54) is 0 Å². The van der Waals surface area contributed by atoms with Crippen molar-refractivity contribution in [3.8, 4) is 11.5 Å². The molecule has 0 bridgehead atoms. The Balaban J connectivity index is 1.35. The number of halogens is 1. The molecule has 3 aromatic heterocycles. The Labute approximate surface area is 173 Å². The molecule has 1 N–H and O–H groups in total. The molecule has 0 unspecified atom stereocenters. The number of nitrogens with zero attached hydrogens (tertiary/aromatic N) is 4. The maximum Gasteiger partial charge on any atom is 0.248 e. The van der Waals surface area contributed by atoms with E-state index < -0.39 is 0 Å². The molecule has 3 heterocycles. The van der Waals surface area contributed by atoms with Crippen molar-refractivity contribution >= 4 is 39.0 Å². The van der Waals surface area contributed by atoms with Crippen LogP contribution in [0, 0.1) is 0 Å². The highest BCUT2D eigenvalue weighted by atomic mass is 79.9. The molecular formula is C19H16BrN5O2S. The number of carbonyl (C=O) groups excluding carboxylic acids is 1. The molecule has 4 aromatic rings. The van der Waals surface area contributed by atoms with Gasteiger partial charge in [-0.05, 0) is 23.1 Å². The van der Waals surface area contributed by atoms with Crippen LogP contribution in [0.5, 0.6) is 0 Å². The van der Waals surface area contributed by atoms with Crippen molar-refractivity contribution in [1.29, 1.82) is 0 Å². The van der Waals surface area contributed by atoms with Crippen LogP contribution in [0.3, 0.4) is 0 Å². The largest absolute Gasteiger partial charge is 0.421 e. The van der Waals surface area contributed by atoms with Gasteiger partial charge in [-0.25, -0.2) is 4.68 Å². The monoisotopic (exact) mass is 457 g/mol. The van der Waals surface area contributed by atoms with Crippen LogP contribution in [0.1, 0.15) is 17.9 Å². The number of nitrogens with one attached hydrogen (secondary N) is 1. The highest BCUT2D eigenvalue weighted by molar-refractivity contribution is 9.10. The molecule has 1 aromatic carbocycles. The number of amides is 1. The highest BCUT2D eigenvalue weighted by Gasteiger charge is 2.13. The van der Waals surface area contributed by atoms with Crippen molar-refractivity contribution in [3.63, 3.8) is 0 Å². The van der Waals surface area contributed by atoms with Gasteiger partial charge in [-0.15, -0.1) is 10.2 Å². The van der Waals surface area contributed by atoms with Gasteiger partial charge in [0.05, 0.1) is 12.7 Å². The smallest absolute Gasteiger partial charge is 0.248 e. The number of hydrogen-bond acceptors (Lipinski definition) is 6. The van der Waals surface area contributed by atoms with Gasteiger partial charge in [0.15, 0.2) is 0 Å². The van der Waals surface area contributed by atoms with Crippen LogP contribution < -0.4 is 5.32 Å². The Kier molecular flexibility index (Phi) is 5.63. The van der Waals surface area contributed by atoms with Gasteiger partial charge < -0.3 is 9.73 Å². The van der Waals surface area contributed by atoms with Crippen molar-refractivity contribution in [1.82, 2.24) is 20.0 Å². The summed E-state index contributed by atoms with van der Waals surface area (Å²) in [7, 11) is 0. The third-order valence-corrected chi connectivity index (χ3v) is 5.52. The third kappa shape index (κ3) is 4.37.